The highest BCUT2D eigenvalue weighted by atomic mass is 16.2. The Kier molecular flexibility index (Phi) is 3.38. The molecule has 0 spiro atoms. The standard InChI is InChI=1S/C4H9N3O2/c5-3(8)1-7-2-4(6)9/h7H,1-2H2,(H2,5,8)(H2,6,9)/p+1. The smallest absolute Gasteiger partial charge is 0.272 e. The highest BCUT2D eigenvalue weighted by Crippen LogP contribution is 1.43. The molecular weight excluding hydrogens is 122 g/mol. The normalized spacial score (nSPS) is 8.89. The lowest BCUT2D eigenvalue weighted by Crippen LogP contribution is -2.88. The summed E-state index contributed by atoms with van der Waals surface area (Å²) in [6.45, 7) is 0.228. The van der Waals surface area contributed by atoms with Gasteiger partial charge in [-0.1, -0.05) is 0 Å². The first-order chi connectivity index (χ1) is 4.13. The second-order valence-electron chi connectivity index (χ2n) is 1.63. The van der Waals surface area contributed by atoms with Crippen molar-refractivity contribution < 1.29 is 14.9 Å². The molecule has 0 fully saturated rings. The first-order valence-electron chi connectivity index (χ1n) is 2.51. The fraction of sp³-hybridized carbons (Fsp3) is 0.500. The van der Waals surface area contributed by atoms with Crippen molar-refractivity contribution >= 4 is 11.8 Å². The molecule has 2 amide bonds. The number of carbonyl (C=O) groups is 2. The van der Waals surface area contributed by atoms with Crippen LogP contribution in [0.3, 0.4) is 0 Å². The van der Waals surface area contributed by atoms with Crippen molar-refractivity contribution in [3.05, 3.63) is 0 Å². The van der Waals surface area contributed by atoms with E-state index in [2.05, 4.69) is 0 Å². The van der Waals surface area contributed by atoms with Crippen molar-refractivity contribution in [3.8, 4) is 0 Å². The molecule has 0 heterocycles. The van der Waals surface area contributed by atoms with E-state index in [0.717, 1.165) is 0 Å². The Morgan fingerprint density at radius 2 is 1.44 bits per heavy atom. The van der Waals surface area contributed by atoms with Gasteiger partial charge in [0, 0.05) is 0 Å². The molecule has 5 heteroatoms. The average molecular weight is 132 g/mol. The van der Waals surface area contributed by atoms with Gasteiger partial charge in [0.15, 0.2) is 13.1 Å². The Balaban J connectivity index is 3.10. The molecule has 0 radical (unpaired) electrons. The molecule has 0 rings (SSSR count). The quantitative estimate of drug-likeness (QED) is 0.370. The second-order valence-corrected chi connectivity index (χ2v) is 1.63. The van der Waals surface area contributed by atoms with Crippen LogP contribution in [0, 0.1) is 0 Å². The van der Waals surface area contributed by atoms with Crippen LogP contribution in [-0.4, -0.2) is 24.9 Å². The van der Waals surface area contributed by atoms with E-state index in [0.29, 0.717) is 0 Å². The molecule has 0 aromatic heterocycles. The van der Waals surface area contributed by atoms with E-state index in [4.69, 9.17) is 11.5 Å². The third-order valence-electron chi connectivity index (χ3n) is 0.691. The van der Waals surface area contributed by atoms with Gasteiger partial charge in [-0.25, -0.2) is 0 Å². The molecule has 52 valence electrons. The fourth-order valence-electron chi connectivity index (χ4n) is 0.357. The maximum Gasteiger partial charge on any atom is 0.272 e. The van der Waals surface area contributed by atoms with Crippen LogP contribution in [0.15, 0.2) is 0 Å². The molecule has 0 saturated carbocycles. The lowest BCUT2D eigenvalue weighted by Gasteiger charge is -1.91. The lowest BCUT2D eigenvalue weighted by molar-refractivity contribution is -0.632. The summed E-state index contributed by atoms with van der Waals surface area (Å²) in [5.74, 6) is -0.896. The summed E-state index contributed by atoms with van der Waals surface area (Å²) in [6.07, 6.45) is 0. The van der Waals surface area contributed by atoms with E-state index in [1.807, 2.05) is 0 Å². The number of hydrogen-bond acceptors (Lipinski definition) is 2. The maximum atomic E-state index is 10.0. The summed E-state index contributed by atoms with van der Waals surface area (Å²) in [6, 6.07) is 0. The van der Waals surface area contributed by atoms with Crippen molar-refractivity contribution in [1.29, 1.82) is 0 Å². The van der Waals surface area contributed by atoms with E-state index in [1.54, 1.807) is 0 Å². The number of amides is 2. The molecule has 0 atom stereocenters. The average Bonchev–Trinajstić information content (AvgIpc) is 1.63. The summed E-state index contributed by atoms with van der Waals surface area (Å²) in [7, 11) is 0. The monoisotopic (exact) mass is 132 g/mol. The zero-order valence-corrected chi connectivity index (χ0v) is 4.96. The lowest BCUT2D eigenvalue weighted by atomic mass is 10.5. The van der Waals surface area contributed by atoms with Gasteiger partial charge in [0.25, 0.3) is 11.8 Å². The van der Waals surface area contributed by atoms with Gasteiger partial charge >= 0.3 is 0 Å². The SMILES string of the molecule is NC(=O)C[NH2+]CC(N)=O. The third-order valence-corrected chi connectivity index (χ3v) is 0.691. The van der Waals surface area contributed by atoms with Gasteiger partial charge < -0.3 is 16.8 Å². The molecule has 0 aliphatic carbocycles. The Morgan fingerprint density at radius 1 is 1.11 bits per heavy atom. The molecule has 9 heavy (non-hydrogen) atoms. The van der Waals surface area contributed by atoms with Crippen molar-refractivity contribution in [1.82, 2.24) is 0 Å². The Morgan fingerprint density at radius 3 is 1.67 bits per heavy atom. The molecule has 5 nitrogen and oxygen atoms in total. The van der Waals surface area contributed by atoms with E-state index in [-0.39, 0.29) is 13.1 Å². The summed E-state index contributed by atoms with van der Waals surface area (Å²) >= 11 is 0. The van der Waals surface area contributed by atoms with Gasteiger partial charge in [0.1, 0.15) is 0 Å². The predicted molar refractivity (Wildman–Crippen MR) is 30.0 cm³/mol. The van der Waals surface area contributed by atoms with Crippen LogP contribution in [0.2, 0.25) is 0 Å². The van der Waals surface area contributed by atoms with Gasteiger partial charge in [-0.05, 0) is 0 Å². The zero-order valence-electron chi connectivity index (χ0n) is 4.96. The van der Waals surface area contributed by atoms with Crippen LogP contribution < -0.4 is 16.8 Å². The van der Waals surface area contributed by atoms with Crippen LogP contribution in [0.4, 0.5) is 0 Å². The van der Waals surface area contributed by atoms with Crippen LogP contribution in [0.1, 0.15) is 0 Å². The van der Waals surface area contributed by atoms with Gasteiger partial charge in [-0.15, -0.1) is 0 Å². The molecule has 0 bridgehead atoms. The summed E-state index contributed by atoms with van der Waals surface area (Å²) in [5.41, 5.74) is 9.51. The number of carbonyl (C=O) groups excluding carboxylic acids is 2. The third kappa shape index (κ3) is 6.90. The maximum absolute atomic E-state index is 10.0. The van der Waals surface area contributed by atoms with Gasteiger partial charge in [0.2, 0.25) is 0 Å². The molecule has 0 aromatic rings. The minimum absolute atomic E-state index is 0.114. The van der Waals surface area contributed by atoms with Gasteiger partial charge in [0.05, 0.1) is 0 Å². The molecule has 0 aliphatic rings. The van der Waals surface area contributed by atoms with E-state index < -0.39 is 11.8 Å². The van der Waals surface area contributed by atoms with Crippen molar-refractivity contribution in [2.45, 2.75) is 0 Å². The van der Waals surface area contributed by atoms with Crippen LogP contribution in [-0.2, 0) is 9.59 Å². The second kappa shape index (κ2) is 3.85. The Bertz CT molecular complexity index is 109. The molecule has 0 saturated heterocycles. The van der Waals surface area contributed by atoms with Crippen molar-refractivity contribution in [3.63, 3.8) is 0 Å². The minimum Gasteiger partial charge on any atom is -0.365 e. The summed E-state index contributed by atoms with van der Waals surface area (Å²) in [4.78, 5) is 20.0. The largest absolute Gasteiger partial charge is 0.365 e. The molecule has 0 aliphatic heterocycles. The minimum atomic E-state index is -0.448. The van der Waals surface area contributed by atoms with E-state index >= 15 is 0 Å². The summed E-state index contributed by atoms with van der Waals surface area (Å²) in [5, 5.41) is 1.45. The Hall–Kier alpha value is -1.10. The predicted octanol–water partition coefficient (Wildman–Crippen LogP) is -3.48. The molecular formula is C4H10N3O2+. The van der Waals surface area contributed by atoms with Gasteiger partial charge in [-0.3, -0.25) is 9.59 Å². The first kappa shape index (κ1) is 7.90. The number of quaternary nitrogens is 1. The molecule has 0 unspecified atom stereocenters. The van der Waals surface area contributed by atoms with Crippen LogP contribution >= 0.6 is 0 Å². The Labute approximate surface area is 52.4 Å². The van der Waals surface area contributed by atoms with Crippen molar-refractivity contribution in [2.75, 3.05) is 13.1 Å². The first-order valence-corrected chi connectivity index (χ1v) is 2.51. The number of primary amides is 2. The molecule has 6 N–H and O–H groups in total. The van der Waals surface area contributed by atoms with E-state index in [1.165, 1.54) is 5.32 Å². The zero-order chi connectivity index (χ0) is 7.28. The number of rotatable bonds is 4. The van der Waals surface area contributed by atoms with Gasteiger partial charge in [-0.2, -0.15) is 0 Å². The number of nitrogens with two attached hydrogens (primary N) is 3. The summed E-state index contributed by atoms with van der Waals surface area (Å²) < 4.78 is 0. The fourth-order valence-corrected chi connectivity index (χ4v) is 0.357. The van der Waals surface area contributed by atoms with Crippen LogP contribution in [0.5, 0.6) is 0 Å². The topological polar surface area (TPSA) is 103 Å². The van der Waals surface area contributed by atoms with Crippen LogP contribution in [0.25, 0.3) is 0 Å². The highest BCUT2D eigenvalue weighted by molar-refractivity contribution is 5.76. The van der Waals surface area contributed by atoms with E-state index in [9.17, 15) is 9.59 Å². The highest BCUT2D eigenvalue weighted by Gasteiger charge is 1.98. The molecule has 0 aromatic carbocycles. The van der Waals surface area contributed by atoms with Crippen molar-refractivity contribution in [2.24, 2.45) is 11.5 Å². The number of hydrogen-bond donors (Lipinski definition) is 3.